The first kappa shape index (κ1) is 18.5. The molecule has 156 valence electrons. The van der Waals surface area contributed by atoms with E-state index in [0.29, 0.717) is 26.2 Å². The smallest absolute Gasteiger partial charge is 0.410 e. The normalized spacial score (nSPS) is 21.9. The summed E-state index contributed by atoms with van der Waals surface area (Å²) in [7, 11) is 0. The summed E-state index contributed by atoms with van der Waals surface area (Å²) in [5, 5.41) is 0. The summed E-state index contributed by atoms with van der Waals surface area (Å²) in [6, 6.07) is 20.4. The average molecular weight is 413 g/mol. The van der Waals surface area contributed by atoms with Crippen molar-refractivity contribution in [3.8, 4) is 11.1 Å². The van der Waals surface area contributed by atoms with E-state index in [4.69, 9.17) is 13.9 Å². The van der Waals surface area contributed by atoms with Gasteiger partial charge in [0.25, 0.3) is 0 Å². The number of hydrogen-bond acceptors (Lipinski definition) is 4. The number of ether oxygens (including phenoxy) is 2. The van der Waals surface area contributed by atoms with E-state index < -0.39 is 0 Å². The number of carbonyl (C=O) groups excluding carboxylic acids is 1. The molecule has 0 radical (unpaired) electrons. The molecule has 6 rings (SSSR count). The van der Waals surface area contributed by atoms with Crippen molar-refractivity contribution in [2.24, 2.45) is 0 Å². The predicted molar refractivity (Wildman–Crippen MR) is 117 cm³/mol. The highest BCUT2D eigenvalue weighted by Gasteiger charge is 2.40. The third-order valence-corrected chi connectivity index (χ3v) is 6.58. The molecule has 1 fully saturated rings. The van der Waals surface area contributed by atoms with Crippen LogP contribution < -0.4 is 0 Å². The van der Waals surface area contributed by atoms with E-state index in [0.717, 1.165) is 11.3 Å². The molecule has 2 atom stereocenters. The van der Waals surface area contributed by atoms with Gasteiger partial charge in [-0.05, 0) is 46.4 Å². The van der Waals surface area contributed by atoms with Crippen molar-refractivity contribution in [2.75, 3.05) is 19.8 Å². The van der Waals surface area contributed by atoms with Crippen LogP contribution in [0.3, 0.4) is 0 Å². The lowest BCUT2D eigenvalue weighted by molar-refractivity contribution is -0.0333. The molecule has 1 saturated heterocycles. The van der Waals surface area contributed by atoms with Crippen molar-refractivity contribution in [1.82, 2.24) is 4.90 Å². The Kier molecular flexibility index (Phi) is 4.42. The van der Waals surface area contributed by atoms with Crippen molar-refractivity contribution >= 4 is 11.7 Å². The van der Waals surface area contributed by atoms with Crippen LogP contribution in [0.25, 0.3) is 16.7 Å². The molecule has 1 aromatic heterocycles. The Labute approximate surface area is 180 Å². The standard InChI is InChI=1S/C26H23NO4/c28-26(27-18-12-17(25-10-5-11-30-25)13-19(27)15-29-14-18)31-16-24-22-8-3-1-6-20(22)21-7-2-4-9-23(21)24/h1-12,18-19,24H,13-16H2. The van der Waals surface area contributed by atoms with Crippen molar-refractivity contribution in [1.29, 1.82) is 0 Å². The lowest BCUT2D eigenvalue weighted by Gasteiger charge is -2.43. The molecule has 3 heterocycles. The van der Waals surface area contributed by atoms with E-state index in [1.54, 1.807) is 6.26 Å². The van der Waals surface area contributed by atoms with Gasteiger partial charge in [-0.2, -0.15) is 0 Å². The first-order chi connectivity index (χ1) is 15.3. The Bertz CT molecular complexity index is 1100. The highest BCUT2D eigenvalue weighted by molar-refractivity contribution is 5.79. The number of hydrogen-bond donors (Lipinski definition) is 0. The van der Waals surface area contributed by atoms with Crippen LogP contribution in [0.1, 0.15) is 29.2 Å². The van der Waals surface area contributed by atoms with Crippen molar-refractivity contribution in [2.45, 2.75) is 24.4 Å². The first-order valence-corrected chi connectivity index (χ1v) is 10.8. The summed E-state index contributed by atoms with van der Waals surface area (Å²) in [5.41, 5.74) is 6.03. The third-order valence-electron chi connectivity index (χ3n) is 6.58. The predicted octanol–water partition coefficient (Wildman–Crippen LogP) is 5.09. The number of morpholine rings is 1. The van der Waals surface area contributed by atoms with Gasteiger partial charge in [0.05, 0.1) is 31.6 Å². The maximum Gasteiger partial charge on any atom is 0.410 e. The van der Waals surface area contributed by atoms with E-state index >= 15 is 0 Å². The van der Waals surface area contributed by atoms with Gasteiger partial charge in [-0.25, -0.2) is 4.79 Å². The van der Waals surface area contributed by atoms with Crippen LogP contribution in [0.15, 0.2) is 77.4 Å². The molecule has 2 unspecified atom stereocenters. The van der Waals surface area contributed by atoms with E-state index in [9.17, 15) is 4.79 Å². The number of furan rings is 1. The first-order valence-electron chi connectivity index (χ1n) is 10.8. The molecule has 2 aromatic carbocycles. The minimum absolute atomic E-state index is 0.0421. The summed E-state index contributed by atoms with van der Waals surface area (Å²) >= 11 is 0. The van der Waals surface area contributed by atoms with Gasteiger partial charge in [-0.15, -0.1) is 0 Å². The Morgan fingerprint density at radius 3 is 2.39 bits per heavy atom. The monoisotopic (exact) mass is 413 g/mol. The van der Waals surface area contributed by atoms with Crippen LogP contribution in [0.5, 0.6) is 0 Å². The van der Waals surface area contributed by atoms with Gasteiger partial charge in [0.2, 0.25) is 0 Å². The zero-order valence-corrected chi connectivity index (χ0v) is 17.1. The van der Waals surface area contributed by atoms with Crippen molar-refractivity contribution in [3.05, 3.63) is 89.9 Å². The lowest BCUT2D eigenvalue weighted by atomic mass is 9.93. The van der Waals surface area contributed by atoms with Gasteiger partial charge in [0.15, 0.2) is 0 Å². The third kappa shape index (κ3) is 3.08. The van der Waals surface area contributed by atoms with Crippen LogP contribution in [-0.2, 0) is 9.47 Å². The van der Waals surface area contributed by atoms with Gasteiger partial charge >= 0.3 is 6.09 Å². The van der Waals surface area contributed by atoms with Crippen LogP contribution in [0.2, 0.25) is 0 Å². The number of carbonyl (C=O) groups is 1. The summed E-state index contributed by atoms with van der Waals surface area (Å²) in [5.74, 6) is 0.926. The molecule has 5 heteroatoms. The van der Waals surface area contributed by atoms with E-state index in [-0.39, 0.29) is 24.1 Å². The topological polar surface area (TPSA) is 51.9 Å². The maximum atomic E-state index is 13.2. The quantitative estimate of drug-likeness (QED) is 0.601. The second-order valence-electron chi connectivity index (χ2n) is 8.34. The molecule has 0 N–H and O–H groups in total. The number of nitrogens with zero attached hydrogens (tertiary/aromatic N) is 1. The van der Waals surface area contributed by atoms with E-state index in [1.165, 1.54) is 22.3 Å². The van der Waals surface area contributed by atoms with Crippen LogP contribution >= 0.6 is 0 Å². The fraction of sp³-hybridized carbons (Fsp3) is 0.269. The largest absolute Gasteiger partial charge is 0.465 e. The highest BCUT2D eigenvalue weighted by atomic mass is 16.6. The molecule has 0 spiro atoms. The zero-order valence-electron chi connectivity index (χ0n) is 17.1. The summed E-state index contributed by atoms with van der Waals surface area (Å²) < 4.78 is 17.2. The van der Waals surface area contributed by atoms with E-state index in [2.05, 4.69) is 42.5 Å². The molecule has 3 aliphatic rings. The molecular formula is C26H23NO4. The Morgan fingerprint density at radius 1 is 0.968 bits per heavy atom. The number of amides is 1. The second kappa shape index (κ2) is 7.43. The van der Waals surface area contributed by atoms with Crippen LogP contribution in [0, 0.1) is 0 Å². The van der Waals surface area contributed by atoms with Gasteiger partial charge in [-0.1, -0.05) is 54.6 Å². The zero-order chi connectivity index (χ0) is 20.8. The van der Waals surface area contributed by atoms with Crippen molar-refractivity contribution in [3.63, 3.8) is 0 Å². The van der Waals surface area contributed by atoms with Gasteiger partial charge < -0.3 is 13.9 Å². The van der Waals surface area contributed by atoms with E-state index in [1.807, 2.05) is 29.2 Å². The Morgan fingerprint density at radius 2 is 1.71 bits per heavy atom. The number of fused-ring (bicyclic) bond motifs is 5. The molecular weight excluding hydrogens is 390 g/mol. The van der Waals surface area contributed by atoms with Gasteiger partial charge in [-0.3, -0.25) is 4.90 Å². The van der Waals surface area contributed by atoms with Crippen LogP contribution in [0.4, 0.5) is 4.79 Å². The number of benzene rings is 2. The fourth-order valence-electron chi connectivity index (χ4n) is 5.19. The van der Waals surface area contributed by atoms with Gasteiger partial charge in [0, 0.05) is 5.92 Å². The maximum absolute atomic E-state index is 13.2. The molecule has 2 bridgehead atoms. The molecule has 5 nitrogen and oxygen atoms in total. The van der Waals surface area contributed by atoms with Crippen molar-refractivity contribution < 1.29 is 18.7 Å². The highest BCUT2D eigenvalue weighted by Crippen LogP contribution is 2.44. The molecule has 1 aliphatic carbocycles. The molecule has 3 aromatic rings. The summed E-state index contributed by atoms with van der Waals surface area (Å²) in [6.45, 7) is 1.32. The molecule has 31 heavy (non-hydrogen) atoms. The average Bonchev–Trinajstić information content (AvgIpc) is 3.44. The fourth-order valence-corrected chi connectivity index (χ4v) is 5.19. The number of rotatable bonds is 3. The molecule has 2 aliphatic heterocycles. The Balaban J connectivity index is 1.22. The van der Waals surface area contributed by atoms with Gasteiger partial charge in [0.1, 0.15) is 12.4 Å². The SMILES string of the molecule is O=C(OCC1c2ccccc2-c2ccccc21)N1C2C=C(c3ccco3)CC1COC2. The Hall–Kier alpha value is -3.31. The summed E-state index contributed by atoms with van der Waals surface area (Å²) in [4.78, 5) is 15.0. The minimum atomic E-state index is -0.269. The minimum Gasteiger partial charge on any atom is -0.465 e. The van der Waals surface area contributed by atoms with Crippen LogP contribution in [-0.4, -0.2) is 42.9 Å². The molecule has 0 saturated carbocycles. The molecule has 1 amide bonds. The summed E-state index contributed by atoms with van der Waals surface area (Å²) in [6.07, 6.45) is 4.19. The lowest BCUT2D eigenvalue weighted by Crippen LogP contribution is -2.56. The second-order valence-corrected chi connectivity index (χ2v) is 8.34.